The highest BCUT2D eigenvalue weighted by Gasteiger charge is 2.37. The fourth-order valence-electron chi connectivity index (χ4n) is 3.93. The van der Waals surface area contributed by atoms with Crippen LogP contribution in [0.4, 0.5) is 18.9 Å². The minimum Gasteiger partial charge on any atom is -0.346 e. The van der Waals surface area contributed by atoms with Crippen LogP contribution < -0.4 is 10.6 Å². The summed E-state index contributed by atoms with van der Waals surface area (Å²) in [5.41, 5.74) is -2.46. The number of carbonyl (C=O) groups excluding carboxylic acids is 2. The van der Waals surface area contributed by atoms with Crippen LogP contribution in [0.25, 0.3) is 16.6 Å². The molecule has 2 amide bonds. The molecule has 2 aromatic heterocycles. The second kappa shape index (κ2) is 11.1. The number of benzene rings is 2. The van der Waals surface area contributed by atoms with Gasteiger partial charge in [-0.05, 0) is 43.7 Å². The number of rotatable bonds is 7. The van der Waals surface area contributed by atoms with E-state index in [-0.39, 0.29) is 27.1 Å². The zero-order valence-electron chi connectivity index (χ0n) is 20.9. The number of thioether (sulfide) groups is 1. The number of halogens is 5. The molecule has 0 aliphatic rings. The Balaban J connectivity index is 1.84. The summed E-state index contributed by atoms with van der Waals surface area (Å²) >= 11 is 14.4. The van der Waals surface area contributed by atoms with Crippen LogP contribution in [-0.2, 0) is 6.18 Å². The summed E-state index contributed by atoms with van der Waals surface area (Å²) in [5.74, 6) is -1.10. The van der Waals surface area contributed by atoms with E-state index >= 15 is 0 Å². The van der Waals surface area contributed by atoms with Crippen LogP contribution in [0, 0.1) is 0 Å². The number of aromatic nitrogens is 3. The maximum atomic E-state index is 13.6. The molecule has 4 aromatic rings. The monoisotopic (exact) mass is 595 g/mol. The van der Waals surface area contributed by atoms with Gasteiger partial charge in [0.05, 0.1) is 21.3 Å². The molecule has 0 aliphatic carbocycles. The molecule has 2 N–H and O–H groups in total. The number of hydrogen-bond donors (Lipinski definition) is 2. The zero-order valence-corrected chi connectivity index (χ0v) is 23.2. The minimum absolute atomic E-state index is 0.0248. The molecule has 2 aromatic carbocycles. The molecule has 39 heavy (non-hydrogen) atoms. The normalized spacial score (nSPS) is 12.0. The van der Waals surface area contributed by atoms with E-state index in [1.165, 1.54) is 30.1 Å². The highest BCUT2D eigenvalue weighted by molar-refractivity contribution is 7.98. The van der Waals surface area contributed by atoms with Crippen molar-refractivity contribution in [3.63, 3.8) is 0 Å². The zero-order chi connectivity index (χ0) is 28.5. The topological polar surface area (TPSA) is 88.9 Å². The smallest absolute Gasteiger partial charge is 0.346 e. The van der Waals surface area contributed by atoms with Gasteiger partial charge in [0.2, 0.25) is 0 Å². The number of fused-ring (bicyclic) bond motifs is 1. The number of hydrogen-bond acceptors (Lipinski definition) is 5. The second-order valence-corrected chi connectivity index (χ2v) is 10.8. The largest absolute Gasteiger partial charge is 0.435 e. The third kappa shape index (κ3) is 6.15. The Morgan fingerprint density at radius 1 is 1.05 bits per heavy atom. The van der Waals surface area contributed by atoms with Gasteiger partial charge in [-0.2, -0.15) is 30.0 Å². The van der Waals surface area contributed by atoms with E-state index in [1.54, 1.807) is 30.3 Å². The Hall–Kier alpha value is -3.28. The fraction of sp³-hybridized carbons (Fsp3) is 0.231. The first-order valence-electron chi connectivity index (χ1n) is 11.4. The molecule has 4 rings (SSSR count). The first-order valence-corrected chi connectivity index (χ1v) is 13.6. The third-order valence-electron chi connectivity index (χ3n) is 5.60. The van der Waals surface area contributed by atoms with Gasteiger partial charge in [-0.1, -0.05) is 47.5 Å². The van der Waals surface area contributed by atoms with Crippen molar-refractivity contribution < 1.29 is 22.8 Å². The molecular formula is C26H22Cl2F3N5O2S. The molecule has 0 fully saturated rings. The van der Waals surface area contributed by atoms with Gasteiger partial charge in [0, 0.05) is 28.9 Å². The number of pyridine rings is 1. The van der Waals surface area contributed by atoms with E-state index < -0.39 is 34.9 Å². The third-order valence-corrected chi connectivity index (χ3v) is 7.30. The Bertz CT molecular complexity index is 1570. The number of alkyl halides is 3. The van der Waals surface area contributed by atoms with Crippen LogP contribution in [0.15, 0.2) is 54.7 Å². The van der Waals surface area contributed by atoms with Crippen LogP contribution in [0.3, 0.4) is 0 Å². The highest BCUT2D eigenvalue weighted by atomic mass is 35.5. The van der Waals surface area contributed by atoms with E-state index in [1.807, 2.05) is 20.1 Å². The quantitative estimate of drug-likeness (QED) is 0.243. The highest BCUT2D eigenvalue weighted by Crippen LogP contribution is 2.36. The van der Waals surface area contributed by atoms with Gasteiger partial charge in [-0.15, -0.1) is 0 Å². The van der Waals surface area contributed by atoms with E-state index in [4.69, 9.17) is 23.2 Å². The summed E-state index contributed by atoms with van der Waals surface area (Å²) < 4.78 is 41.4. The van der Waals surface area contributed by atoms with Gasteiger partial charge in [0.25, 0.3) is 11.8 Å². The molecule has 0 aliphatic heterocycles. The van der Waals surface area contributed by atoms with Gasteiger partial charge in [-0.3, -0.25) is 9.59 Å². The van der Waals surface area contributed by atoms with Crippen molar-refractivity contribution in [3.8, 4) is 5.82 Å². The van der Waals surface area contributed by atoms with Gasteiger partial charge in [0.1, 0.15) is 5.69 Å². The van der Waals surface area contributed by atoms with Crippen molar-refractivity contribution in [1.29, 1.82) is 0 Å². The second-order valence-electron chi connectivity index (χ2n) is 9.19. The molecule has 0 bridgehead atoms. The van der Waals surface area contributed by atoms with Crippen LogP contribution in [0.2, 0.25) is 10.0 Å². The molecule has 13 heteroatoms. The first-order chi connectivity index (χ1) is 18.3. The maximum absolute atomic E-state index is 13.6. The predicted molar refractivity (Wildman–Crippen MR) is 148 cm³/mol. The standard InChI is InChI=1S/C26H22Cl2F3N5O2S/c1-25(2,13-39-3)34-23(37)16-11-14-7-4-5-8-15(14)20(28)21(16)33-24(38)18-12-19(26(29,30)31)35-36(18)22-17(27)9-6-10-32-22/h4-12H,13H2,1-3H3,(H,33,38)(H,34,37). The molecule has 0 saturated carbocycles. The Labute approximate surface area is 236 Å². The predicted octanol–water partition coefficient (Wildman–Crippen LogP) is 6.87. The average Bonchev–Trinajstić information content (AvgIpc) is 3.31. The van der Waals surface area contributed by atoms with E-state index in [2.05, 4.69) is 20.7 Å². The van der Waals surface area contributed by atoms with Gasteiger partial charge < -0.3 is 10.6 Å². The molecule has 0 radical (unpaired) electrons. The average molecular weight is 596 g/mol. The van der Waals surface area contributed by atoms with E-state index in [0.29, 0.717) is 27.3 Å². The van der Waals surface area contributed by atoms with Crippen molar-refractivity contribution in [1.82, 2.24) is 20.1 Å². The number of amides is 2. The Morgan fingerprint density at radius 2 is 1.77 bits per heavy atom. The van der Waals surface area contributed by atoms with Crippen molar-refractivity contribution in [2.24, 2.45) is 0 Å². The number of nitrogens with zero attached hydrogens (tertiary/aromatic N) is 3. The molecule has 0 saturated heterocycles. The summed E-state index contributed by atoms with van der Waals surface area (Å²) in [6, 6.07) is 12.0. The Morgan fingerprint density at radius 3 is 2.44 bits per heavy atom. The van der Waals surface area contributed by atoms with Crippen molar-refractivity contribution in [2.75, 3.05) is 17.3 Å². The van der Waals surface area contributed by atoms with Gasteiger partial charge in [0.15, 0.2) is 11.5 Å². The van der Waals surface area contributed by atoms with Crippen LogP contribution in [0.1, 0.15) is 40.4 Å². The summed E-state index contributed by atoms with van der Waals surface area (Å²) in [7, 11) is 0. The van der Waals surface area contributed by atoms with Crippen LogP contribution in [-0.4, -0.2) is 44.1 Å². The van der Waals surface area contributed by atoms with Crippen LogP contribution >= 0.6 is 35.0 Å². The molecule has 7 nitrogen and oxygen atoms in total. The molecular weight excluding hydrogens is 574 g/mol. The summed E-state index contributed by atoms with van der Waals surface area (Å²) in [5, 5.41) is 10.2. The SMILES string of the molecule is CSCC(C)(C)NC(=O)c1cc2ccccc2c(Cl)c1NC(=O)c1cc(C(F)(F)F)nn1-c1ncccc1Cl. The lowest BCUT2D eigenvalue weighted by Gasteiger charge is -2.26. The van der Waals surface area contributed by atoms with Gasteiger partial charge >= 0.3 is 6.18 Å². The van der Waals surface area contributed by atoms with Crippen molar-refractivity contribution in [3.05, 3.63) is 81.7 Å². The molecule has 2 heterocycles. The van der Waals surface area contributed by atoms with Crippen molar-refractivity contribution in [2.45, 2.75) is 25.6 Å². The summed E-state index contributed by atoms with van der Waals surface area (Å²) in [4.78, 5) is 30.9. The first kappa shape index (κ1) is 28.7. The number of carbonyl (C=O) groups is 2. The number of nitrogens with one attached hydrogen (secondary N) is 2. The lowest BCUT2D eigenvalue weighted by molar-refractivity contribution is -0.141. The lowest BCUT2D eigenvalue weighted by Crippen LogP contribution is -2.45. The summed E-state index contributed by atoms with van der Waals surface area (Å²) in [6.07, 6.45) is -1.65. The Kier molecular flexibility index (Phi) is 8.15. The molecule has 0 atom stereocenters. The van der Waals surface area contributed by atoms with E-state index in [0.717, 1.165) is 0 Å². The lowest BCUT2D eigenvalue weighted by atomic mass is 10.0. The van der Waals surface area contributed by atoms with E-state index in [9.17, 15) is 22.8 Å². The van der Waals surface area contributed by atoms with Crippen LogP contribution in [0.5, 0.6) is 0 Å². The molecule has 204 valence electrons. The number of anilines is 1. The molecule has 0 unspecified atom stereocenters. The minimum atomic E-state index is -4.85. The maximum Gasteiger partial charge on any atom is 0.435 e. The van der Waals surface area contributed by atoms with Gasteiger partial charge in [-0.25, -0.2) is 9.67 Å². The fourth-order valence-corrected chi connectivity index (χ4v) is 5.25. The summed E-state index contributed by atoms with van der Waals surface area (Å²) in [6.45, 7) is 3.69. The van der Waals surface area contributed by atoms with Crippen molar-refractivity contribution >= 4 is 63.2 Å². The molecule has 0 spiro atoms.